The van der Waals surface area contributed by atoms with Gasteiger partial charge in [-0.1, -0.05) is 25.0 Å². The maximum absolute atomic E-state index is 12.5. The van der Waals surface area contributed by atoms with Crippen LogP contribution < -0.4 is 20.1 Å². The van der Waals surface area contributed by atoms with Crippen molar-refractivity contribution in [2.45, 2.75) is 65.5 Å². The Bertz CT molecular complexity index is 839. The molecule has 2 aromatic carbocycles. The van der Waals surface area contributed by atoms with Gasteiger partial charge in [-0.05, 0) is 87.1 Å². The van der Waals surface area contributed by atoms with Crippen LogP contribution in [0, 0.1) is 27.7 Å². The van der Waals surface area contributed by atoms with Gasteiger partial charge in [-0.3, -0.25) is 9.59 Å². The second kappa shape index (κ2) is 11.0. The average molecular weight is 439 g/mol. The van der Waals surface area contributed by atoms with E-state index in [9.17, 15) is 9.59 Å². The van der Waals surface area contributed by atoms with E-state index >= 15 is 0 Å². The highest BCUT2D eigenvalue weighted by atomic mass is 16.5. The molecule has 6 heteroatoms. The molecule has 6 nitrogen and oxygen atoms in total. The quantitative estimate of drug-likeness (QED) is 0.655. The molecule has 3 rings (SSSR count). The molecule has 1 aliphatic carbocycles. The molecule has 1 fully saturated rings. The molecule has 2 atom stereocenters. The Morgan fingerprint density at radius 3 is 1.38 bits per heavy atom. The molecular formula is C26H34N2O4. The first-order valence-electron chi connectivity index (χ1n) is 11.3. The number of benzene rings is 2. The second-order valence-electron chi connectivity index (χ2n) is 8.86. The standard InChI is InChI=1S/C26H34N2O4/c1-17-9-18(2)12-21(11-17)31-15-25(29)27-23-7-5-6-8-24(23)28-26(30)16-32-22-13-19(3)10-20(4)14-22/h9-14,23-24H,5-8,15-16H2,1-4H3,(H,27,29)(H,28,30). The summed E-state index contributed by atoms with van der Waals surface area (Å²) >= 11 is 0. The van der Waals surface area contributed by atoms with E-state index < -0.39 is 0 Å². The van der Waals surface area contributed by atoms with Gasteiger partial charge in [0.2, 0.25) is 0 Å². The number of carbonyl (C=O) groups is 2. The van der Waals surface area contributed by atoms with Gasteiger partial charge in [0, 0.05) is 12.1 Å². The molecule has 0 aromatic heterocycles. The largest absolute Gasteiger partial charge is 0.484 e. The zero-order chi connectivity index (χ0) is 23.1. The lowest BCUT2D eigenvalue weighted by atomic mass is 9.90. The van der Waals surface area contributed by atoms with E-state index in [0.717, 1.165) is 47.9 Å². The lowest BCUT2D eigenvalue weighted by Crippen LogP contribution is -2.54. The molecule has 0 bridgehead atoms. The van der Waals surface area contributed by atoms with Crippen molar-refractivity contribution in [3.8, 4) is 11.5 Å². The minimum atomic E-state index is -0.179. The normalized spacial score (nSPS) is 18.0. The van der Waals surface area contributed by atoms with E-state index in [0.29, 0.717) is 11.5 Å². The van der Waals surface area contributed by atoms with Crippen molar-refractivity contribution < 1.29 is 19.1 Å². The number of hydrogen-bond donors (Lipinski definition) is 2. The SMILES string of the molecule is Cc1cc(C)cc(OCC(=O)NC2CCCCC2NC(=O)COc2cc(C)cc(C)c2)c1. The molecule has 0 heterocycles. The Kier molecular flexibility index (Phi) is 8.14. The summed E-state index contributed by atoms with van der Waals surface area (Å²) in [6.07, 6.45) is 3.71. The molecule has 2 amide bonds. The fourth-order valence-corrected chi connectivity index (χ4v) is 4.30. The summed E-state index contributed by atoms with van der Waals surface area (Å²) in [7, 11) is 0. The van der Waals surface area contributed by atoms with Gasteiger partial charge in [0.25, 0.3) is 11.8 Å². The van der Waals surface area contributed by atoms with Crippen LogP contribution >= 0.6 is 0 Å². The molecule has 1 saturated carbocycles. The van der Waals surface area contributed by atoms with Gasteiger partial charge < -0.3 is 20.1 Å². The summed E-state index contributed by atoms with van der Waals surface area (Å²) in [6, 6.07) is 11.6. The minimum absolute atomic E-state index is 0.0458. The van der Waals surface area contributed by atoms with Crippen molar-refractivity contribution in [2.24, 2.45) is 0 Å². The number of hydrogen-bond acceptors (Lipinski definition) is 4. The van der Waals surface area contributed by atoms with Crippen molar-refractivity contribution in [3.63, 3.8) is 0 Å². The van der Waals surface area contributed by atoms with Crippen LogP contribution in [0.15, 0.2) is 36.4 Å². The highest BCUT2D eigenvalue weighted by Gasteiger charge is 2.28. The van der Waals surface area contributed by atoms with Crippen molar-refractivity contribution in [1.29, 1.82) is 0 Å². The first kappa shape index (κ1) is 23.6. The molecule has 0 spiro atoms. The second-order valence-corrected chi connectivity index (χ2v) is 8.86. The maximum atomic E-state index is 12.5. The number of rotatable bonds is 8. The molecule has 2 aromatic rings. The van der Waals surface area contributed by atoms with E-state index in [4.69, 9.17) is 9.47 Å². The van der Waals surface area contributed by atoms with E-state index in [1.165, 1.54) is 0 Å². The Balaban J connectivity index is 1.48. The zero-order valence-corrected chi connectivity index (χ0v) is 19.5. The summed E-state index contributed by atoms with van der Waals surface area (Å²) in [5, 5.41) is 6.09. The van der Waals surface area contributed by atoms with Crippen LogP contribution in [0.2, 0.25) is 0 Å². The van der Waals surface area contributed by atoms with Gasteiger partial charge in [-0.2, -0.15) is 0 Å². The number of ether oxygens (including phenoxy) is 2. The average Bonchev–Trinajstić information content (AvgIpc) is 2.71. The van der Waals surface area contributed by atoms with E-state index in [-0.39, 0.29) is 37.1 Å². The van der Waals surface area contributed by atoms with Gasteiger partial charge in [0.1, 0.15) is 11.5 Å². The summed E-state index contributed by atoms with van der Waals surface area (Å²) in [5.41, 5.74) is 4.38. The lowest BCUT2D eigenvalue weighted by molar-refractivity contribution is -0.127. The molecule has 32 heavy (non-hydrogen) atoms. The lowest BCUT2D eigenvalue weighted by Gasteiger charge is -2.32. The predicted molar refractivity (Wildman–Crippen MR) is 125 cm³/mol. The third-order valence-corrected chi connectivity index (χ3v) is 5.59. The first-order chi connectivity index (χ1) is 15.3. The van der Waals surface area contributed by atoms with Gasteiger partial charge in [-0.15, -0.1) is 0 Å². The van der Waals surface area contributed by atoms with Crippen LogP contribution in [-0.2, 0) is 9.59 Å². The summed E-state index contributed by atoms with van der Waals surface area (Å²) in [4.78, 5) is 25.0. The zero-order valence-electron chi connectivity index (χ0n) is 19.5. The first-order valence-corrected chi connectivity index (χ1v) is 11.3. The number of aryl methyl sites for hydroxylation is 4. The van der Waals surface area contributed by atoms with Gasteiger partial charge >= 0.3 is 0 Å². The highest BCUT2D eigenvalue weighted by Crippen LogP contribution is 2.20. The highest BCUT2D eigenvalue weighted by molar-refractivity contribution is 5.79. The molecule has 0 radical (unpaired) electrons. The molecule has 1 aliphatic rings. The third kappa shape index (κ3) is 7.29. The van der Waals surface area contributed by atoms with E-state index in [2.05, 4.69) is 22.8 Å². The predicted octanol–water partition coefficient (Wildman–Crippen LogP) is 3.92. The molecular weight excluding hydrogens is 404 g/mol. The van der Waals surface area contributed by atoms with E-state index in [1.54, 1.807) is 0 Å². The van der Waals surface area contributed by atoms with Gasteiger partial charge in [0.15, 0.2) is 13.2 Å². The van der Waals surface area contributed by atoms with Gasteiger partial charge in [0.05, 0.1) is 0 Å². The fraction of sp³-hybridized carbons (Fsp3) is 0.462. The molecule has 0 aliphatic heterocycles. The van der Waals surface area contributed by atoms with Crippen molar-refractivity contribution in [2.75, 3.05) is 13.2 Å². The number of carbonyl (C=O) groups excluding carboxylic acids is 2. The van der Waals surface area contributed by atoms with Crippen LogP contribution in [0.5, 0.6) is 11.5 Å². The maximum Gasteiger partial charge on any atom is 0.258 e. The number of nitrogens with one attached hydrogen (secondary N) is 2. The third-order valence-electron chi connectivity index (χ3n) is 5.59. The van der Waals surface area contributed by atoms with Crippen LogP contribution in [-0.4, -0.2) is 37.1 Å². The Morgan fingerprint density at radius 1 is 0.688 bits per heavy atom. The molecule has 2 N–H and O–H groups in total. The van der Waals surface area contributed by atoms with Crippen molar-refractivity contribution >= 4 is 11.8 Å². The molecule has 2 unspecified atom stereocenters. The summed E-state index contributed by atoms with van der Waals surface area (Å²) in [5.74, 6) is 1.02. The van der Waals surface area contributed by atoms with Crippen molar-refractivity contribution in [3.05, 3.63) is 58.7 Å². The van der Waals surface area contributed by atoms with Crippen LogP contribution in [0.3, 0.4) is 0 Å². The summed E-state index contributed by atoms with van der Waals surface area (Å²) < 4.78 is 11.3. The number of amides is 2. The van der Waals surface area contributed by atoms with Crippen LogP contribution in [0.1, 0.15) is 47.9 Å². The Labute approximate surface area is 190 Å². The summed E-state index contributed by atoms with van der Waals surface area (Å²) in [6.45, 7) is 7.90. The van der Waals surface area contributed by atoms with Crippen LogP contribution in [0.25, 0.3) is 0 Å². The topological polar surface area (TPSA) is 76.7 Å². The van der Waals surface area contributed by atoms with E-state index in [1.807, 2.05) is 52.0 Å². The van der Waals surface area contributed by atoms with Crippen LogP contribution in [0.4, 0.5) is 0 Å². The fourth-order valence-electron chi connectivity index (χ4n) is 4.30. The molecule has 172 valence electrons. The Morgan fingerprint density at radius 2 is 1.03 bits per heavy atom. The minimum Gasteiger partial charge on any atom is -0.484 e. The van der Waals surface area contributed by atoms with Gasteiger partial charge in [-0.25, -0.2) is 0 Å². The smallest absolute Gasteiger partial charge is 0.258 e. The van der Waals surface area contributed by atoms with Crippen molar-refractivity contribution in [1.82, 2.24) is 10.6 Å². The monoisotopic (exact) mass is 438 g/mol. The Hall–Kier alpha value is -3.02. The molecule has 0 saturated heterocycles.